The molecule has 148 valence electrons. The van der Waals surface area contributed by atoms with E-state index in [4.69, 9.17) is 0 Å². The maximum Gasteiger partial charge on any atom is 0.321 e. The second kappa shape index (κ2) is 6.21. The van der Waals surface area contributed by atoms with Gasteiger partial charge in [0.1, 0.15) is 6.04 Å². The predicted octanol–water partition coefficient (Wildman–Crippen LogP) is 4.50. The minimum Gasteiger partial charge on any atom is -0.480 e. The van der Waals surface area contributed by atoms with Crippen LogP contribution in [0.2, 0.25) is 0 Å². The highest BCUT2D eigenvalue weighted by Gasteiger charge is 2.34. The van der Waals surface area contributed by atoms with E-state index in [1.807, 2.05) is 18.2 Å². The number of aromatic amines is 1. The van der Waals surface area contributed by atoms with Crippen LogP contribution >= 0.6 is 0 Å². The van der Waals surface area contributed by atoms with E-state index in [1.54, 1.807) is 0 Å². The molecule has 0 aliphatic carbocycles. The second-order valence-electron chi connectivity index (χ2n) is 8.11. The van der Waals surface area contributed by atoms with Gasteiger partial charge in [0.05, 0.1) is 6.04 Å². The van der Waals surface area contributed by atoms with Gasteiger partial charge in [-0.3, -0.25) is 10.1 Å². The molecule has 0 bridgehead atoms. The molecule has 2 unspecified atom stereocenters. The molecule has 2 aromatic heterocycles. The molecule has 5 aromatic rings. The van der Waals surface area contributed by atoms with Gasteiger partial charge in [0.2, 0.25) is 0 Å². The monoisotopic (exact) mass is 395 g/mol. The molecule has 30 heavy (non-hydrogen) atoms. The van der Waals surface area contributed by atoms with Crippen LogP contribution in [0.5, 0.6) is 0 Å². The van der Waals surface area contributed by atoms with E-state index in [0.29, 0.717) is 6.42 Å². The Hall–Kier alpha value is -3.57. The Labute approximate surface area is 172 Å². The predicted molar refractivity (Wildman–Crippen MR) is 119 cm³/mol. The molecule has 3 N–H and O–H groups in total. The molecule has 1 aliphatic heterocycles. The standard InChI is InChI=1S/C25H21N3O2/c1-28-21-9-5-3-7-16(21)17-12-14(10-11-22(17)28)23-24-18(13-20(27-23)25(29)30)15-6-2-4-8-19(15)26-24/h2-12,20,23,26-27H,13H2,1H3,(H,29,30). The quantitative estimate of drug-likeness (QED) is 0.412. The number of nitrogens with one attached hydrogen (secondary N) is 2. The lowest BCUT2D eigenvalue weighted by atomic mass is 9.90. The normalized spacial score (nSPS) is 18.8. The molecule has 0 amide bonds. The summed E-state index contributed by atoms with van der Waals surface area (Å²) in [4.78, 5) is 15.5. The maximum absolute atomic E-state index is 11.9. The molecule has 6 rings (SSSR count). The van der Waals surface area contributed by atoms with Crippen molar-refractivity contribution >= 4 is 38.7 Å². The summed E-state index contributed by atoms with van der Waals surface area (Å²) in [5, 5.41) is 16.6. The first kappa shape index (κ1) is 17.3. The van der Waals surface area contributed by atoms with Gasteiger partial charge in [-0.15, -0.1) is 0 Å². The number of rotatable bonds is 2. The van der Waals surface area contributed by atoms with Crippen molar-refractivity contribution in [2.45, 2.75) is 18.5 Å². The molecule has 1 aliphatic rings. The van der Waals surface area contributed by atoms with Crippen molar-refractivity contribution in [1.82, 2.24) is 14.9 Å². The Morgan fingerprint density at radius 3 is 2.53 bits per heavy atom. The van der Waals surface area contributed by atoms with Crippen LogP contribution < -0.4 is 5.32 Å². The zero-order valence-electron chi connectivity index (χ0n) is 16.5. The van der Waals surface area contributed by atoms with Gasteiger partial charge in [0, 0.05) is 51.9 Å². The third kappa shape index (κ3) is 2.36. The molecule has 0 radical (unpaired) electrons. The molecule has 0 spiro atoms. The highest BCUT2D eigenvalue weighted by atomic mass is 16.4. The van der Waals surface area contributed by atoms with Gasteiger partial charge in [-0.05, 0) is 35.4 Å². The van der Waals surface area contributed by atoms with Crippen molar-refractivity contribution < 1.29 is 9.90 Å². The number of H-pyrrole nitrogens is 1. The first-order valence-corrected chi connectivity index (χ1v) is 10.2. The third-order valence-corrected chi connectivity index (χ3v) is 6.48. The molecular weight excluding hydrogens is 374 g/mol. The SMILES string of the molecule is Cn1c2ccccc2c2cc(C3NC(C(=O)O)Cc4c3[nH]c3ccccc43)ccc21. The van der Waals surface area contributed by atoms with Gasteiger partial charge >= 0.3 is 5.97 Å². The van der Waals surface area contributed by atoms with E-state index in [9.17, 15) is 9.90 Å². The number of carboxylic acid groups (broad SMARTS) is 1. The molecule has 5 heteroatoms. The molecule has 3 heterocycles. The third-order valence-electron chi connectivity index (χ3n) is 6.48. The van der Waals surface area contributed by atoms with E-state index < -0.39 is 12.0 Å². The summed E-state index contributed by atoms with van der Waals surface area (Å²) in [7, 11) is 2.08. The van der Waals surface area contributed by atoms with Crippen LogP contribution in [0.1, 0.15) is 22.9 Å². The van der Waals surface area contributed by atoms with Crippen LogP contribution in [0, 0.1) is 0 Å². The first-order chi connectivity index (χ1) is 14.6. The van der Waals surface area contributed by atoms with Gasteiger partial charge in [-0.2, -0.15) is 0 Å². The van der Waals surface area contributed by atoms with Crippen LogP contribution in [-0.2, 0) is 18.3 Å². The number of aliphatic carboxylic acids is 1. The number of fused-ring (bicyclic) bond motifs is 6. The van der Waals surface area contributed by atoms with E-state index in [1.165, 1.54) is 21.8 Å². The van der Waals surface area contributed by atoms with Gasteiger partial charge in [0.15, 0.2) is 0 Å². The Balaban J connectivity index is 1.58. The van der Waals surface area contributed by atoms with Crippen molar-refractivity contribution in [2.75, 3.05) is 0 Å². The number of hydrogen-bond donors (Lipinski definition) is 3. The minimum absolute atomic E-state index is 0.203. The lowest BCUT2D eigenvalue weighted by molar-refractivity contribution is -0.139. The summed E-state index contributed by atoms with van der Waals surface area (Å²) < 4.78 is 2.21. The van der Waals surface area contributed by atoms with Crippen LogP contribution in [0.3, 0.4) is 0 Å². The van der Waals surface area contributed by atoms with Crippen LogP contribution in [0.15, 0.2) is 66.7 Å². The molecule has 2 atom stereocenters. The van der Waals surface area contributed by atoms with Crippen molar-refractivity contribution in [3.63, 3.8) is 0 Å². The fraction of sp³-hybridized carbons (Fsp3) is 0.160. The zero-order valence-corrected chi connectivity index (χ0v) is 16.5. The van der Waals surface area contributed by atoms with Gasteiger partial charge in [-0.25, -0.2) is 0 Å². The number of carboxylic acids is 1. The van der Waals surface area contributed by atoms with Crippen molar-refractivity contribution in [1.29, 1.82) is 0 Å². The molecule has 0 saturated heterocycles. The highest BCUT2D eigenvalue weighted by Crippen LogP contribution is 2.37. The molecule has 0 fully saturated rings. The number of aromatic nitrogens is 2. The smallest absolute Gasteiger partial charge is 0.321 e. The summed E-state index contributed by atoms with van der Waals surface area (Å²) in [6.45, 7) is 0. The van der Waals surface area contributed by atoms with Crippen molar-refractivity contribution in [3.8, 4) is 0 Å². The number of hydrogen-bond acceptors (Lipinski definition) is 2. The summed E-state index contributed by atoms with van der Waals surface area (Å²) in [6, 6.07) is 22.1. The molecular formula is C25H21N3O2. The fourth-order valence-corrected chi connectivity index (χ4v) is 5.02. The van der Waals surface area contributed by atoms with Gasteiger partial charge in [0.25, 0.3) is 0 Å². The summed E-state index contributed by atoms with van der Waals surface area (Å²) >= 11 is 0. The number of para-hydroxylation sites is 2. The van der Waals surface area contributed by atoms with Crippen molar-refractivity contribution in [3.05, 3.63) is 83.6 Å². The van der Waals surface area contributed by atoms with Crippen LogP contribution in [0.4, 0.5) is 0 Å². The fourth-order valence-electron chi connectivity index (χ4n) is 5.02. The number of benzene rings is 3. The number of carbonyl (C=O) groups is 1. The van der Waals surface area contributed by atoms with E-state index in [2.05, 4.69) is 70.4 Å². The lowest BCUT2D eigenvalue weighted by Crippen LogP contribution is -2.44. The lowest BCUT2D eigenvalue weighted by Gasteiger charge is -2.29. The summed E-state index contributed by atoms with van der Waals surface area (Å²) in [5.41, 5.74) is 6.63. The van der Waals surface area contributed by atoms with E-state index in [0.717, 1.165) is 27.7 Å². The zero-order chi connectivity index (χ0) is 20.4. The Kier molecular flexibility index (Phi) is 3.58. The van der Waals surface area contributed by atoms with E-state index >= 15 is 0 Å². The van der Waals surface area contributed by atoms with Gasteiger partial charge in [-0.1, -0.05) is 42.5 Å². The summed E-state index contributed by atoms with van der Waals surface area (Å²) in [5.74, 6) is -0.817. The largest absolute Gasteiger partial charge is 0.480 e. The number of aryl methyl sites for hydroxylation is 1. The number of nitrogens with zero attached hydrogens (tertiary/aromatic N) is 1. The Bertz CT molecular complexity index is 1460. The minimum atomic E-state index is -0.817. The molecule has 0 saturated carbocycles. The second-order valence-corrected chi connectivity index (χ2v) is 8.11. The van der Waals surface area contributed by atoms with E-state index in [-0.39, 0.29) is 6.04 Å². The Morgan fingerprint density at radius 1 is 0.967 bits per heavy atom. The topological polar surface area (TPSA) is 70.1 Å². The summed E-state index contributed by atoms with van der Waals surface area (Å²) in [6.07, 6.45) is 0.474. The van der Waals surface area contributed by atoms with Gasteiger partial charge < -0.3 is 14.7 Å². The average molecular weight is 395 g/mol. The molecule has 5 nitrogen and oxygen atoms in total. The average Bonchev–Trinajstić information content (AvgIpc) is 3.29. The van der Waals surface area contributed by atoms with Crippen molar-refractivity contribution in [2.24, 2.45) is 7.05 Å². The van der Waals surface area contributed by atoms with Crippen LogP contribution in [0.25, 0.3) is 32.7 Å². The first-order valence-electron chi connectivity index (χ1n) is 10.2. The highest BCUT2D eigenvalue weighted by molar-refractivity contribution is 6.08. The maximum atomic E-state index is 11.9. The van der Waals surface area contributed by atoms with Crippen LogP contribution in [-0.4, -0.2) is 26.7 Å². The molecule has 3 aromatic carbocycles. The Morgan fingerprint density at radius 2 is 1.70 bits per heavy atom.